The van der Waals surface area contributed by atoms with Gasteiger partial charge in [-0.3, -0.25) is 0 Å². The number of ether oxygens (including phenoxy) is 1. The number of H-pyrrole nitrogens is 1. The summed E-state index contributed by atoms with van der Waals surface area (Å²) in [5.74, 6) is 0.720. The number of aromatic nitrogens is 2. The zero-order valence-corrected chi connectivity index (χ0v) is 12.9. The lowest BCUT2D eigenvalue weighted by Crippen LogP contribution is -2.07. The van der Waals surface area contributed by atoms with E-state index in [1.807, 2.05) is 6.07 Å². The van der Waals surface area contributed by atoms with Gasteiger partial charge in [0.25, 0.3) is 0 Å². The second-order valence-corrected chi connectivity index (χ2v) is 5.88. The molecule has 1 fully saturated rings. The highest BCUT2D eigenvalue weighted by Crippen LogP contribution is 2.36. The summed E-state index contributed by atoms with van der Waals surface area (Å²) in [7, 11) is 1.56. The van der Waals surface area contributed by atoms with Gasteiger partial charge in [-0.1, -0.05) is 0 Å². The SMILES string of the molecule is COc1cc(F)ccc1-c1ccnc2[nH]c([C@H]3CCNC3)cc12. The summed E-state index contributed by atoms with van der Waals surface area (Å²) in [6.07, 6.45) is 2.90. The van der Waals surface area contributed by atoms with E-state index in [-0.39, 0.29) is 5.82 Å². The normalized spacial score (nSPS) is 17.7. The molecule has 0 bridgehead atoms. The van der Waals surface area contributed by atoms with Crippen LogP contribution in [0.3, 0.4) is 0 Å². The van der Waals surface area contributed by atoms with E-state index in [2.05, 4.69) is 21.4 Å². The first-order valence-electron chi connectivity index (χ1n) is 7.78. The van der Waals surface area contributed by atoms with Gasteiger partial charge in [-0.2, -0.15) is 0 Å². The lowest BCUT2D eigenvalue weighted by atomic mass is 10.0. The summed E-state index contributed by atoms with van der Waals surface area (Å²) in [5.41, 5.74) is 3.93. The van der Waals surface area contributed by atoms with Gasteiger partial charge in [-0.25, -0.2) is 9.37 Å². The Morgan fingerprint density at radius 1 is 1.22 bits per heavy atom. The molecule has 2 N–H and O–H groups in total. The van der Waals surface area contributed by atoms with Crippen LogP contribution >= 0.6 is 0 Å². The minimum atomic E-state index is -0.303. The van der Waals surface area contributed by atoms with E-state index in [0.29, 0.717) is 11.7 Å². The van der Waals surface area contributed by atoms with Gasteiger partial charge in [-0.15, -0.1) is 0 Å². The van der Waals surface area contributed by atoms with E-state index < -0.39 is 0 Å². The van der Waals surface area contributed by atoms with Crippen molar-refractivity contribution in [2.45, 2.75) is 12.3 Å². The van der Waals surface area contributed by atoms with E-state index in [1.54, 1.807) is 19.4 Å². The molecule has 2 aromatic heterocycles. The first-order valence-corrected chi connectivity index (χ1v) is 7.78. The van der Waals surface area contributed by atoms with Crippen molar-refractivity contribution < 1.29 is 9.13 Å². The van der Waals surface area contributed by atoms with Crippen LogP contribution in [0.15, 0.2) is 36.5 Å². The van der Waals surface area contributed by atoms with Gasteiger partial charge in [0.1, 0.15) is 17.2 Å². The maximum Gasteiger partial charge on any atom is 0.138 e. The minimum absolute atomic E-state index is 0.303. The van der Waals surface area contributed by atoms with Gasteiger partial charge in [0.15, 0.2) is 0 Å². The van der Waals surface area contributed by atoms with Gasteiger partial charge in [-0.05, 0) is 42.8 Å². The number of nitrogens with one attached hydrogen (secondary N) is 2. The Hall–Kier alpha value is -2.40. The molecule has 0 unspecified atom stereocenters. The molecule has 0 saturated carbocycles. The highest BCUT2D eigenvalue weighted by Gasteiger charge is 2.20. The lowest BCUT2D eigenvalue weighted by molar-refractivity contribution is 0.413. The summed E-state index contributed by atoms with van der Waals surface area (Å²) in [6, 6.07) is 8.74. The largest absolute Gasteiger partial charge is 0.496 e. The second-order valence-electron chi connectivity index (χ2n) is 5.88. The van der Waals surface area contributed by atoms with Crippen LogP contribution in [0.2, 0.25) is 0 Å². The van der Waals surface area contributed by atoms with Crippen LogP contribution in [0.5, 0.6) is 5.75 Å². The Balaban J connectivity index is 1.87. The van der Waals surface area contributed by atoms with E-state index in [4.69, 9.17) is 4.74 Å². The van der Waals surface area contributed by atoms with Gasteiger partial charge >= 0.3 is 0 Å². The number of aromatic amines is 1. The van der Waals surface area contributed by atoms with Crippen LogP contribution in [0.25, 0.3) is 22.2 Å². The van der Waals surface area contributed by atoms with Crippen LogP contribution in [-0.4, -0.2) is 30.2 Å². The molecule has 0 spiro atoms. The Morgan fingerprint density at radius 3 is 2.91 bits per heavy atom. The Labute approximate surface area is 133 Å². The third-order valence-corrected chi connectivity index (χ3v) is 4.51. The second kappa shape index (κ2) is 5.66. The number of nitrogens with zero attached hydrogens (tertiary/aromatic N) is 1. The molecule has 23 heavy (non-hydrogen) atoms. The van der Waals surface area contributed by atoms with Crippen molar-refractivity contribution in [3.05, 3.63) is 48.0 Å². The average Bonchev–Trinajstić information content (AvgIpc) is 3.23. The van der Waals surface area contributed by atoms with E-state index in [0.717, 1.165) is 41.7 Å². The molecule has 1 aromatic carbocycles. The molecule has 4 rings (SSSR count). The highest BCUT2D eigenvalue weighted by molar-refractivity contribution is 5.95. The summed E-state index contributed by atoms with van der Waals surface area (Å²) in [4.78, 5) is 7.87. The van der Waals surface area contributed by atoms with Crippen molar-refractivity contribution in [2.75, 3.05) is 20.2 Å². The van der Waals surface area contributed by atoms with Crippen molar-refractivity contribution in [3.63, 3.8) is 0 Å². The molecule has 1 aliphatic rings. The maximum absolute atomic E-state index is 13.5. The molecule has 118 valence electrons. The number of hydrogen-bond acceptors (Lipinski definition) is 3. The fraction of sp³-hybridized carbons (Fsp3) is 0.278. The smallest absolute Gasteiger partial charge is 0.138 e. The number of pyridine rings is 1. The quantitative estimate of drug-likeness (QED) is 0.779. The molecule has 1 aliphatic heterocycles. The van der Waals surface area contributed by atoms with Crippen LogP contribution in [0.1, 0.15) is 18.0 Å². The maximum atomic E-state index is 13.5. The monoisotopic (exact) mass is 311 g/mol. The predicted octanol–water partition coefficient (Wildman–Crippen LogP) is 3.45. The number of rotatable bonds is 3. The highest BCUT2D eigenvalue weighted by atomic mass is 19.1. The van der Waals surface area contributed by atoms with Crippen LogP contribution in [-0.2, 0) is 0 Å². The fourth-order valence-electron chi connectivity index (χ4n) is 3.31. The zero-order chi connectivity index (χ0) is 15.8. The number of benzene rings is 1. The van der Waals surface area contributed by atoms with Gasteiger partial charge in [0, 0.05) is 41.4 Å². The summed E-state index contributed by atoms with van der Waals surface area (Å²) < 4.78 is 18.8. The Morgan fingerprint density at radius 2 is 2.13 bits per heavy atom. The summed E-state index contributed by atoms with van der Waals surface area (Å²) in [5, 5.41) is 4.42. The van der Waals surface area contributed by atoms with Gasteiger partial charge in [0.2, 0.25) is 0 Å². The molecule has 3 heterocycles. The first kappa shape index (κ1) is 14.2. The zero-order valence-electron chi connectivity index (χ0n) is 12.9. The molecule has 4 nitrogen and oxygen atoms in total. The minimum Gasteiger partial charge on any atom is -0.496 e. The third-order valence-electron chi connectivity index (χ3n) is 4.51. The molecule has 1 saturated heterocycles. The van der Waals surface area contributed by atoms with Gasteiger partial charge < -0.3 is 15.0 Å². The number of methoxy groups -OCH3 is 1. The van der Waals surface area contributed by atoms with Gasteiger partial charge in [0.05, 0.1) is 7.11 Å². The van der Waals surface area contributed by atoms with Crippen molar-refractivity contribution in [1.29, 1.82) is 0 Å². The third kappa shape index (κ3) is 2.47. The van der Waals surface area contributed by atoms with Crippen LogP contribution in [0.4, 0.5) is 4.39 Å². The Kier molecular flexibility index (Phi) is 3.50. The standard InChI is InChI=1S/C18H18FN3O/c1-23-17-8-12(19)2-3-14(17)13-5-7-21-18-15(13)9-16(22-18)11-4-6-20-10-11/h2-3,5,7-9,11,20H,4,6,10H2,1H3,(H,21,22)/t11-/m0/s1. The molecule has 3 aromatic rings. The van der Waals surface area contributed by atoms with Crippen LogP contribution < -0.4 is 10.1 Å². The molecule has 1 atom stereocenters. The fourth-order valence-corrected chi connectivity index (χ4v) is 3.31. The van der Waals surface area contributed by atoms with E-state index >= 15 is 0 Å². The van der Waals surface area contributed by atoms with E-state index in [9.17, 15) is 4.39 Å². The average molecular weight is 311 g/mol. The van der Waals surface area contributed by atoms with Crippen molar-refractivity contribution in [1.82, 2.24) is 15.3 Å². The molecule has 0 amide bonds. The van der Waals surface area contributed by atoms with Crippen molar-refractivity contribution in [3.8, 4) is 16.9 Å². The number of fused-ring (bicyclic) bond motifs is 1. The number of halogens is 1. The molecule has 0 radical (unpaired) electrons. The molecular formula is C18H18FN3O. The van der Waals surface area contributed by atoms with Crippen LogP contribution in [0, 0.1) is 5.82 Å². The van der Waals surface area contributed by atoms with Crippen molar-refractivity contribution in [2.24, 2.45) is 0 Å². The molecular weight excluding hydrogens is 293 g/mol. The van der Waals surface area contributed by atoms with E-state index in [1.165, 1.54) is 17.8 Å². The lowest BCUT2D eigenvalue weighted by Gasteiger charge is -2.09. The number of hydrogen-bond donors (Lipinski definition) is 2. The summed E-state index contributed by atoms with van der Waals surface area (Å²) >= 11 is 0. The summed E-state index contributed by atoms with van der Waals surface area (Å²) in [6.45, 7) is 2.04. The molecule has 0 aliphatic carbocycles. The topological polar surface area (TPSA) is 49.9 Å². The molecule has 5 heteroatoms. The first-order chi connectivity index (χ1) is 11.3. The predicted molar refractivity (Wildman–Crippen MR) is 88.3 cm³/mol. The van der Waals surface area contributed by atoms with Crippen molar-refractivity contribution >= 4 is 11.0 Å². The Bertz CT molecular complexity index is 853.